The SMILES string of the molecule is CN(C)CCCn1c(SCc2nc3ccccc3n2C)nc2sc3c(c2c1=O)CCCC3. The zero-order chi connectivity index (χ0) is 22.2. The number of para-hydroxylation sites is 2. The summed E-state index contributed by atoms with van der Waals surface area (Å²) in [5.41, 5.74) is 3.53. The van der Waals surface area contributed by atoms with Crippen LogP contribution in [0.1, 0.15) is 35.5 Å². The predicted molar refractivity (Wildman–Crippen MR) is 134 cm³/mol. The fraction of sp³-hybridized carbons (Fsp3) is 0.458. The highest BCUT2D eigenvalue weighted by Crippen LogP contribution is 2.35. The summed E-state index contributed by atoms with van der Waals surface area (Å²) in [5.74, 6) is 1.68. The van der Waals surface area contributed by atoms with E-state index in [4.69, 9.17) is 9.97 Å². The van der Waals surface area contributed by atoms with Crippen molar-refractivity contribution in [2.45, 2.75) is 49.6 Å². The smallest absolute Gasteiger partial charge is 0.263 e. The maximum atomic E-state index is 13.7. The minimum absolute atomic E-state index is 0.139. The molecule has 1 aliphatic rings. The summed E-state index contributed by atoms with van der Waals surface area (Å²) in [4.78, 5) is 27.9. The lowest BCUT2D eigenvalue weighted by atomic mass is 9.97. The van der Waals surface area contributed by atoms with Crippen LogP contribution in [-0.2, 0) is 32.2 Å². The Morgan fingerprint density at radius 1 is 1.16 bits per heavy atom. The molecule has 1 aromatic carbocycles. The molecule has 0 N–H and O–H groups in total. The zero-order valence-corrected chi connectivity index (χ0v) is 20.6. The van der Waals surface area contributed by atoms with Gasteiger partial charge in [-0.2, -0.15) is 0 Å². The van der Waals surface area contributed by atoms with Crippen molar-refractivity contribution in [3.8, 4) is 0 Å². The van der Waals surface area contributed by atoms with Gasteiger partial charge in [-0.15, -0.1) is 11.3 Å². The Labute approximate surface area is 196 Å². The molecular weight excluding hydrogens is 438 g/mol. The van der Waals surface area contributed by atoms with Crippen LogP contribution in [0.25, 0.3) is 21.3 Å². The predicted octanol–water partition coefficient (Wildman–Crippen LogP) is 4.47. The van der Waals surface area contributed by atoms with Crippen LogP contribution in [0.4, 0.5) is 0 Å². The highest BCUT2D eigenvalue weighted by molar-refractivity contribution is 7.98. The molecule has 3 aromatic heterocycles. The van der Waals surface area contributed by atoms with E-state index in [1.807, 2.05) is 22.8 Å². The van der Waals surface area contributed by atoms with Crippen molar-refractivity contribution in [2.24, 2.45) is 7.05 Å². The Morgan fingerprint density at radius 3 is 2.78 bits per heavy atom. The molecule has 6 nitrogen and oxygen atoms in total. The highest BCUT2D eigenvalue weighted by atomic mass is 32.2. The quantitative estimate of drug-likeness (QED) is 0.297. The average Bonchev–Trinajstić information content (AvgIpc) is 3.31. The van der Waals surface area contributed by atoms with Gasteiger partial charge in [0, 0.05) is 18.5 Å². The van der Waals surface area contributed by atoms with Crippen LogP contribution in [0.2, 0.25) is 0 Å². The van der Waals surface area contributed by atoms with E-state index in [1.165, 1.54) is 23.3 Å². The van der Waals surface area contributed by atoms with E-state index in [2.05, 4.69) is 36.7 Å². The molecule has 0 aliphatic heterocycles. The first-order valence-corrected chi connectivity index (χ1v) is 13.1. The Balaban J connectivity index is 1.52. The molecule has 1 aliphatic carbocycles. The largest absolute Gasteiger partial charge is 0.330 e. The molecule has 0 unspecified atom stereocenters. The molecule has 0 radical (unpaired) electrons. The first-order chi connectivity index (χ1) is 15.5. The third kappa shape index (κ3) is 4.00. The minimum Gasteiger partial charge on any atom is -0.330 e. The van der Waals surface area contributed by atoms with Crippen LogP contribution in [-0.4, -0.2) is 44.6 Å². The maximum Gasteiger partial charge on any atom is 0.263 e. The van der Waals surface area contributed by atoms with Crippen LogP contribution in [0, 0.1) is 0 Å². The second kappa shape index (κ2) is 9.00. The maximum absolute atomic E-state index is 13.7. The van der Waals surface area contributed by atoms with Crippen molar-refractivity contribution in [1.29, 1.82) is 0 Å². The van der Waals surface area contributed by atoms with E-state index < -0.39 is 0 Å². The van der Waals surface area contributed by atoms with E-state index in [-0.39, 0.29) is 5.56 Å². The standard InChI is InChI=1S/C24H29N5OS2/c1-27(2)13-8-14-29-23(30)21-16-9-4-7-12-19(16)32-22(21)26-24(29)31-15-20-25-17-10-5-6-11-18(17)28(20)3/h5-6,10-11H,4,7-9,12-15H2,1-3H3. The van der Waals surface area contributed by atoms with Crippen LogP contribution in [0.15, 0.2) is 34.2 Å². The van der Waals surface area contributed by atoms with E-state index in [0.29, 0.717) is 12.3 Å². The molecule has 168 valence electrons. The number of thioether (sulfide) groups is 1. The van der Waals surface area contributed by atoms with Crippen molar-refractivity contribution in [2.75, 3.05) is 20.6 Å². The number of imidazole rings is 1. The number of nitrogens with zero attached hydrogens (tertiary/aromatic N) is 5. The molecule has 0 atom stereocenters. The van der Waals surface area contributed by atoms with Crippen LogP contribution < -0.4 is 5.56 Å². The molecule has 0 bridgehead atoms. The van der Waals surface area contributed by atoms with Crippen LogP contribution in [0.3, 0.4) is 0 Å². The van der Waals surface area contributed by atoms with Crippen molar-refractivity contribution < 1.29 is 0 Å². The fourth-order valence-electron chi connectivity index (χ4n) is 4.53. The summed E-state index contributed by atoms with van der Waals surface area (Å²) >= 11 is 3.35. The minimum atomic E-state index is 0.139. The summed E-state index contributed by atoms with van der Waals surface area (Å²) < 4.78 is 4.06. The van der Waals surface area contributed by atoms with Gasteiger partial charge in [-0.25, -0.2) is 9.97 Å². The molecule has 0 saturated carbocycles. The molecule has 0 amide bonds. The number of fused-ring (bicyclic) bond motifs is 4. The number of hydrogen-bond donors (Lipinski definition) is 0. The monoisotopic (exact) mass is 467 g/mol. The van der Waals surface area contributed by atoms with Crippen molar-refractivity contribution in [1.82, 2.24) is 24.0 Å². The molecule has 4 aromatic rings. The van der Waals surface area contributed by atoms with Crippen molar-refractivity contribution in [3.63, 3.8) is 0 Å². The summed E-state index contributed by atoms with van der Waals surface area (Å²) in [7, 11) is 6.20. The van der Waals surface area contributed by atoms with Gasteiger partial charge in [0.25, 0.3) is 5.56 Å². The van der Waals surface area contributed by atoms with E-state index >= 15 is 0 Å². The van der Waals surface area contributed by atoms with Gasteiger partial charge in [-0.05, 0) is 70.4 Å². The second-order valence-corrected chi connectivity index (χ2v) is 10.8. The third-order valence-electron chi connectivity index (χ3n) is 6.24. The lowest BCUT2D eigenvalue weighted by Gasteiger charge is -2.15. The Hall–Kier alpha value is -2.16. The number of thiophene rings is 1. The third-order valence-corrected chi connectivity index (χ3v) is 8.40. The van der Waals surface area contributed by atoms with Gasteiger partial charge < -0.3 is 9.47 Å². The highest BCUT2D eigenvalue weighted by Gasteiger charge is 2.22. The summed E-state index contributed by atoms with van der Waals surface area (Å²) in [5, 5.41) is 1.69. The van der Waals surface area contributed by atoms with Gasteiger partial charge in [-0.1, -0.05) is 23.9 Å². The summed E-state index contributed by atoms with van der Waals surface area (Å²) in [6, 6.07) is 8.19. The van der Waals surface area contributed by atoms with Gasteiger partial charge in [0.1, 0.15) is 10.7 Å². The first-order valence-electron chi connectivity index (χ1n) is 11.3. The second-order valence-electron chi connectivity index (χ2n) is 8.76. The van der Waals surface area contributed by atoms with Gasteiger partial charge in [0.15, 0.2) is 5.16 Å². The molecule has 0 saturated heterocycles. The molecule has 0 fully saturated rings. The molecule has 32 heavy (non-hydrogen) atoms. The van der Waals surface area contributed by atoms with Crippen LogP contribution in [0.5, 0.6) is 0 Å². The molecule has 0 spiro atoms. The number of benzene rings is 1. The van der Waals surface area contributed by atoms with Crippen LogP contribution >= 0.6 is 23.1 Å². The first kappa shape index (κ1) is 21.7. The number of rotatable bonds is 7. The fourth-order valence-corrected chi connectivity index (χ4v) is 6.84. The van der Waals surface area contributed by atoms with Gasteiger partial charge in [0.2, 0.25) is 0 Å². The van der Waals surface area contributed by atoms with E-state index in [0.717, 1.165) is 58.0 Å². The Bertz CT molecular complexity index is 1330. The lowest BCUT2D eigenvalue weighted by Crippen LogP contribution is -2.26. The number of hydrogen-bond acceptors (Lipinski definition) is 6. The molecule has 3 heterocycles. The van der Waals surface area contributed by atoms with Gasteiger partial charge in [0.05, 0.1) is 22.2 Å². The molecular formula is C24H29N5OS2. The van der Waals surface area contributed by atoms with E-state index in [1.54, 1.807) is 23.1 Å². The zero-order valence-electron chi connectivity index (χ0n) is 18.9. The molecule has 5 rings (SSSR count). The van der Waals surface area contributed by atoms with Gasteiger partial charge in [-0.3, -0.25) is 9.36 Å². The van der Waals surface area contributed by atoms with E-state index in [9.17, 15) is 4.79 Å². The van der Waals surface area contributed by atoms with Gasteiger partial charge >= 0.3 is 0 Å². The lowest BCUT2D eigenvalue weighted by molar-refractivity contribution is 0.379. The Kier molecular flexibility index (Phi) is 6.09. The summed E-state index contributed by atoms with van der Waals surface area (Å²) in [6.07, 6.45) is 5.40. The average molecular weight is 468 g/mol. The Morgan fingerprint density at radius 2 is 1.97 bits per heavy atom. The topological polar surface area (TPSA) is 56.0 Å². The number of aromatic nitrogens is 4. The van der Waals surface area contributed by atoms with Crippen molar-refractivity contribution >= 4 is 44.3 Å². The normalized spacial score (nSPS) is 14.0. The van der Waals surface area contributed by atoms with Crippen molar-refractivity contribution in [3.05, 3.63) is 50.9 Å². The number of aryl methyl sites for hydroxylation is 3. The summed E-state index contributed by atoms with van der Waals surface area (Å²) in [6.45, 7) is 1.64. The molecule has 8 heteroatoms.